The molecule has 4 nitrogen and oxygen atoms in total. The van der Waals surface area contributed by atoms with Crippen molar-refractivity contribution in [3.8, 4) is 0 Å². The van der Waals surface area contributed by atoms with Gasteiger partial charge in [-0.1, -0.05) is 12.1 Å². The predicted octanol–water partition coefficient (Wildman–Crippen LogP) is 2.29. The van der Waals surface area contributed by atoms with Crippen LogP contribution in [0.3, 0.4) is 0 Å². The third-order valence-corrected chi connectivity index (χ3v) is 2.58. The largest absolute Gasteiger partial charge is 0.372 e. The zero-order valence-electron chi connectivity index (χ0n) is 10.4. The lowest BCUT2D eigenvalue weighted by Gasteiger charge is -2.18. The molecule has 1 heterocycles. The minimum absolute atomic E-state index is 0.226. The highest BCUT2D eigenvalue weighted by Gasteiger charge is 2.05. The van der Waals surface area contributed by atoms with Gasteiger partial charge >= 0.3 is 0 Å². The van der Waals surface area contributed by atoms with Gasteiger partial charge in [0.05, 0.1) is 12.4 Å². The molecule has 5 heteroatoms. The Labute approximate surface area is 105 Å². The minimum Gasteiger partial charge on any atom is -0.372 e. The summed E-state index contributed by atoms with van der Waals surface area (Å²) < 4.78 is 13.1. The number of hydrogen-bond donors (Lipinski definition) is 1. The van der Waals surface area contributed by atoms with Gasteiger partial charge in [-0.05, 0) is 17.7 Å². The maximum Gasteiger partial charge on any atom is 0.149 e. The van der Waals surface area contributed by atoms with Gasteiger partial charge in [0.2, 0.25) is 0 Å². The summed E-state index contributed by atoms with van der Waals surface area (Å²) in [6.45, 7) is 0.583. The van der Waals surface area contributed by atoms with Gasteiger partial charge in [-0.2, -0.15) is 0 Å². The van der Waals surface area contributed by atoms with Crippen LogP contribution in [0.1, 0.15) is 5.56 Å². The van der Waals surface area contributed by atoms with E-state index in [0.717, 1.165) is 11.4 Å². The molecule has 0 atom stereocenters. The topological polar surface area (TPSA) is 41.1 Å². The van der Waals surface area contributed by atoms with Crippen molar-refractivity contribution in [1.82, 2.24) is 9.97 Å². The molecule has 0 aliphatic carbocycles. The average molecular weight is 246 g/mol. The van der Waals surface area contributed by atoms with Gasteiger partial charge < -0.3 is 10.2 Å². The molecule has 2 rings (SSSR count). The van der Waals surface area contributed by atoms with Crippen molar-refractivity contribution in [3.63, 3.8) is 0 Å². The summed E-state index contributed by atoms with van der Waals surface area (Å²) in [4.78, 5) is 10.4. The number of halogens is 1. The molecule has 1 aromatic heterocycles. The standard InChI is InChI=1S/C13H15FN4/c1-15-12-7-16-8-13(17-12)18(2)9-10-4-3-5-11(14)6-10/h3-8H,9H2,1-2H3,(H,15,17). The summed E-state index contributed by atoms with van der Waals surface area (Å²) >= 11 is 0. The number of nitrogens with one attached hydrogen (secondary N) is 1. The van der Waals surface area contributed by atoms with Crippen LogP contribution < -0.4 is 10.2 Å². The Hall–Kier alpha value is -2.17. The first-order valence-electron chi connectivity index (χ1n) is 5.64. The number of rotatable bonds is 4. The van der Waals surface area contributed by atoms with E-state index in [1.165, 1.54) is 12.1 Å². The monoisotopic (exact) mass is 246 g/mol. The van der Waals surface area contributed by atoms with Crippen molar-refractivity contribution in [3.05, 3.63) is 48.0 Å². The van der Waals surface area contributed by atoms with Gasteiger partial charge in [-0.3, -0.25) is 4.98 Å². The molecule has 18 heavy (non-hydrogen) atoms. The van der Waals surface area contributed by atoms with E-state index in [2.05, 4.69) is 15.3 Å². The second-order valence-electron chi connectivity index (χ2n) is 4.00. The van der Waals surface area contributed by atoms with E-state index < -0.39 is 0 Å². The van der Waals surface area contributed by atoms with Crippen LogP contribution in [0.25, 0.3) is 0 Å². The molecule has 1 N–H and O–H groups in total. The normalized spacial score (nSPS) is 10.2. The van der Waals surface area contributed by atoms with Crippen LogP contribution in [0.4, 0.5) is 16.0 Å². The highest BCUT2D eigenvalue weighted by Crippen LogP contribution is 2.14. The van der Waals surface area contributed by atoms with Crippen molar-refractivity contribution in [2.24, 2.45) is 0 Å². The summed E-state index contributed by atoms with van der Waals surface area (Å²) in [5, 5.41) is 2.93. The fourth-order valence-corrected chi connectivity index (χ4v) is 1.65. The lowest BCUT2D eigenvalue weighted by molar-refractivity contribution is 0.625. The highest BCUT2D eigenvalue weighted by atomic mass is 19.1. The van der Waals surface area contributed by atoms with Crippen LogP contribution in [0.5, 0.6) is 0 Å². The fraction of sp³-hybridized carbons (Fsp3) is 0.231. The summed E-state index contributed by atoms with van der Waals surface area (Å²) in [5.74, 6) is 1.22. The first-order valence-corrected chi connectivity index (χ1v) is 5.64. The van der Waals surface area contributed by atoms with Crippen molar-refractivity contribution in [1.29, 1.82) is 0 Å². The molecule has 0 saturated heterocycles. The molecule has 0 amide bonds. The lowest BCUT2D eigenvalue weighted by Crippen LogP contribution is -2.18. The van der Waals surface area contributed by atoms with E-state index in [9.17, 15) is 4.39 Å². The van der Waals surface area contributed by atoms with E-state index in [1.54, 1.807) is 25.5 Å². The van der Waals surface area contributed by atoms with Gasteiger partial charge in [-0.25, -0.2) is 9.37 Å². The maximum atomic E-state index is 13.1. The maximum absolute atomic E-state index is 13.1. The molecular weight excluding hydrogens is 231 g/mol. The van der Waals surface area contributed by atoms with Crippen molar-refractivity contribution in [2.45, 2.75) is 6.54 Å². The van der Waals surface area contributed by atoms with E-state index >= 15 is 0 Å². The molecule has 1 aromatic carbocycles. The SMILES string of the molecule is CNc1cncc(N(C)Cc2cccc(F)c2)n1. The van der Waals surface area contributed by atoms with Gasteiger partial charge in [0, 0.05) is 20.6 Å². The van der Waals surface area contributed by atoms with Crippen LogP contribution in [0.15, 0.2) is 36.7 Å². The van der Waals surface area contributed by atoms with Crippen LogP contribution in [0.2, 0.25) is 0 Å². The summed E-state index contributed by atoms with van der Waals surface area (Å²) in [6.07, 6.45) is 3.33. The Bertz CT molecular complexity index is 530. The molecule has 0 aliphatic heterocycles. The molecule has 94 valence electrons. The summed E-state index contributed by atoms with van der Waals surface area (Å²) in [5.41, 5.74) is 0.897. The Kier molecular flexibility index (Phi) is 3.72. The lowest BCUT2D eigenvalue weighted by atomic mass is 10.2. The third kappa shape index (κ3) is 2.94. The van der Waals surface area contributed by atoms with Gasteiger partial charge in [0.1, 0.15) is 17.5 Å². The Balaban J connectivity index is 2.13. The molecular formula is C13H15FN4. The average Bonchev–Trinajstić information content (AvgIpc) is 2.39. The van der Waals surface area contributed by atoms with Crippen molar-refractivity contribution < 1.29 is 4.39 Å². The van der Waals surface area contributed by atoms with Crippen LogP contribution >= 0.6 is 0 Å². The first kappa shape index (κ1) is 12.3. The van der Waals surface area contributed by atoms with Gasteiger partial charge in [0.25, 0.3) is 0 Å². The third-order valence-electron chi connectivity index (χ3n) is 2.58. The molecule has 0 unspecified atom stereocenters. The molecule has 2 aromatic rings. The van der Waals surface area contributed by atoms with E-state index in [4.69, 9.17) is 0 Å². The Morgan fingerprint density at radius 1 is 1.33 bits per heavy atom. The molecule has 0 saturated carbocycles. The number of benzene rings is 1. The van der Waals surface area contributed by atoms with Crippen LogP contribution in [0, 0.1) is 5.82 Å². The van der Waals surface area contributed by atoms with E-state index in [-0.39, 0.29) is 5.82 Å². The van der Waals surface area contributed by atoms with E-state index in [1.807, 2.05) is 18.0 Å². The second-order valence-corrected chi connectivity index (χ2v) is 4.00. The fourth-order valence-electron chi connectivity index (χ4n) is 1.65. The minimum atomic E-state index is -0.226. The molecule has 0 bridgehead atoms. The van der Waals surface area contributed by atoms with Gasteiger partial charge in [-0.15, -0.1) is 0 Å². The number of hydrogen-bond acceptors (Lipinski definition) is 4. The Morgan fingerprint density at radius 2 is 2.17 bits per heavy atom. The molecule has 0 aliphatic rings. The quantitative estimate of drug-likeness (QED) is 0.898. The van der Waals surface area contributed by atoms with Crippen LogP contribution in [-0.2, 0) is 6.54 Å². The first-order chi connectivity index (χ1) is 8.69. The second kappa shape index (κ2) is 5.44. The summed E-state index contributed by atoms with van der Waals surface area (Å²) in [6, 6.07) is 6.54. The number of aromatic nitrogens is 2. The highest BCUT2D eigenvalue weighted by molar-refractivity contribution is 5.43. The van der Waals surface area contributed by atoms with Crippen molar-refractivity contribution >= 4 is 11.6 Å². The predicted molar refractivity (Wildman–Crippen MR) is 70.1 cm³/mol. The Morgan fingerprint density at radius 3 is 2.89 bits per heavy atom. The smallest absolute Gasteiger partial charge is 0.149 e. The zero-order chi connectivity index (χ0) is 13.0. The van der Waals surface area contributed by atoms with E-state index in [0.29, 0.717) is 12.4 Å². The van der Waals surface area contributed by atoms with Gasteiger partial charge in [0.15, 0.2) is 0 Å². The zero-order valence-corrected chi connectivity index (χ0v) is 10.4. The van der Waals surface area contributed by atoms with Crippen molar-refractivity contribution in [2.75, 3.05) is 24.3 Å². The molecule has 0 fully saturated rings. The number of nitrogens with zero attached hydrogens (tertiary/aromatic N) is 3. The van der Waals surface area contributed by atoms with Crippen LogP contribution in [-0.4, -0.2) is 24.1 Å². The molecule has 0 spiro atoms. The molecule has 0 radical (unpaired) electrons. The summed E-state index contributed by atoms with van der Waals surface area (Å²) in [7, 11) is 3.69. The number of anilines is 2.